The van der Waals surface area contributed by atoms with Crippen LogP contribution in [0, 0.1) is 13.8 Å². The van der Waals surface area contributed by atoms with Crippen LogP contribution in [-0.4, -0.2) is 61.0 Å². The molecule has 2 aliphatic heterocycles. The summed E-state index contributed by atoms with van der Waals surface area (Å²) in [6, 6.07) is 13.8. The van der Waals surface area contributed by atoms with Crippen molar-refractivity contribution in [3.05, 3.63) is 64.7 Å². The number of nitrogens with one attached hydrogen (secondary N) is 1. The SMILES string of the molecule is Cc1ccc(C)c([C@@H]2CCCN2C(=O)c2cccc(NC(=O)CN3CCOCC3)c2)c1. The van der Waals surface area contributed by atoms with Gasteiger partial charge in [0.25, 0.3) is 5.91 Å². The molecule has 2 fully saturated rings. The number of hydrogen-bond donors (Lipinski definition) is 1. The zero-order chi connectivity index (χ0) is 21.8. The fourth-order valence-electron chi connectivity index (χ4n) is 4.51. The third-order valence-electron chi connectivity index (χ3n) is 6.17. The number of anilines is 1. The summed E-state index contributed by atoms with van der Waals surface area (Å²) in [5.41, 5.74) is 4.94. The van der Waals surface area contributed by atoms with Crippen LogP contribution in [0.4, 0.5) is 5.69 Å². The lowest BCUT2D eigenvalue weighted by Gasteiger charge is -2.27. The minimum Gasteiger partial charge on any atom is -0.379 e. The maximum Gasteiger partial charge on any atom is 0.254 e. The molecule has 0 saturated carbocycles. The predicted molar refractivity (Wildman–Crippen MR) is 121 cm³/mol. The number of ether oxygens (including phenoxy) is 1. The van der Waals surface area contributed by atoms with Crippen molar-refractivity contribution >= 4 is 17.5 Å². The zero-order valence-electron chi connectivity index (χ0n) is 18.4. The summed E-state index contributed by atoms with van der Waals surface area (Å²) in [5, 5.41) is 2.94. The van der Waals surface area contributed by atoms with E-state index in [4.69, 9.17) is 4.74 Å². The molecule has 2 aromatic rings. The fourth-order valence-corrected chi connectivity index (χ4v) is 4.51. The summed E-state index contributed by atoms with van der Waals surface area (Å²) < 4.78 is 5.33. The van der Waals surface area contributed by atoms with Crippen molar-refractivity contribution in [3.8, 4) is 0 Å². The van der Waals surface area contributed by atoms with Crippen LogP contribution >= 0.6 is 0 Å². The van der Waals surface area contributed by atoms with Gasteiger partial charge in [0, 0.05) is 30.9 Å². The van der Waals surface area contributed by atoms with Crippen molar-refractivity contribution in [1.82, 2.24) is 9.80 Å². The van der Waals surface area contributed by atoms with E-state index in [1.54, 1.807) is 6.07 Å². The van der Waals surface area contributed by atoms with Crippen LogP contribution in [0.5, 0.6) is 0 Å². The maximum atomic E-state index is 13.4. The molecule has 0 bridgehead atoms. The summed E-state index contributed by atoms with van der Waals surface area (Å²) in [7, 11) is 0. The lowest BCUT2D eigenvalue weighted by molar-refractivity contribution is -0.118. The van der Waals surface area contributed by atoms with E-state index in [0.29, 0.717) is 31.0 Å². The summed E-state index contributed by atoms with van der Waals surface area (Å²) in [5.74, 6) is -0.0476. The van der Waals surface area contributed by atoms with Crippen molar-refractivity contribution < 1.29 is 14.3 Å². The molecule has 1 atom stereocenters. The Kier molecular flexibility index (Phi) is 6.68. The van der Waals surface area contributed by atoms with E-state index in [2.05, 4.69) is 42.3 Å². The maximum absolute atomic E-state index is 13.4. The standard InChI is InChI=1S/C25H31N3O3/c1-18-8-9-19(2)22(15-18)23-7-4-10-28(23)25(30)20-5-3-6-21(16-20)26-24(29)17-27-11-13-31-14-12-27/h3,5-6,8-9,15-16,23H,4,7,10-14,17H2,1-2H3,(H,26,29)/t23-/m0/s1. The predicted octanol–water partition coefficient (Wildman–Crippen LogP) is 3.55. The van der Waals surface area contributed by atoms with E-state index < -0.39 is 0 Å². The van der Waals surface area contributed by atoms with Gasteiger partial charge >= 0.3 is 0 Å². The van der Waals surface area contributed by atoms with Gasteiger partial charge < -0.3 is 15.0 Å². The Bertz CT molecular complexity index is 953. The van der Waals surface area contributed by atoms with E-state index in [9.17, 15) is 9.59 Å². The number of aryl methyl sites for hydroxylation is 2. The van der Waals surface area contributed by atoms with Gasteiger partial charge in [-0.3, -0.25) is 14.5 Å². The van der Waals surface area contributed by atoms with Gasteiger partial charge in [0.2, 0.25) is 5.91 Å². The Morgan fingerprint density at radius 3 is 2.68 bits per heavy atom. The quantitative estimate of drug-likeness (QED) is 0.802. The van der Waals surface area contributed by atoms with Gasteiger partial charge in [-0.05, 0) is 56.0 Å². The summed E-state index contributed by atoms with van der Waals surface area (Å²) >= 11 is 0. The average molecular weight is 422 g/mol. The van der Waals surface area contributed by atoms with E-state index in [-0.39, 0.29) is 17.9 Å². The summed E-state index contributed by atoms with van der Waals surface area (Å²) in [4.78, 5) is 29.9. The Morgan fingerprint density at radius 2 is 1.87 bits per heavy atom. The van der Waals surface area contributed by atoms with Crippen molar-refractivity contribution in [2.24, 2.45) is 0 Å². The molecule has 1 N–H and O–H groups in total. The first-order chi connectivity index (χ1) is 15.0. The minimum atomic E-state index is -0.0686. The number of carbonyl (C=O) groups is 2. The first-order valence-electron chi connectivity index (χ1n) is 11.1. The molecule has 0 aliphatic carbocycles. The lowest BCUT2D eigenvalue weighted by Crippen LogP contribution is -2.41. The third-order valence-corrected chi connectivity index (χ3v) is 6.17. The molecule has 0 spiro atoms. The highest BCUT2D eigenvalue weighted by molar-refractivity contribution is 5.98. The molecule has 6 nitrogen and oxygen atoms in total. The molecule has 2 amide bonds. The number of likely N-dealkylation sites (tertiary alicyclic amines) is 1. The number of hydrogen-bond acceptors (Lipinski definition) is 4. The molecule has 0 unspecified atom stereocenters. The van der Waals surface area contributed by atoms with Crippen LogP contribution in [0.15, 0.2) is 42.5 Å². The second kappa shape index (κ2) is 9.62. The van der Waals surface area contributed by atoms with Gasteiger partial charge in [-0.25, -0.2) is 0 Å². The molecule has 2 heterocycles. The molecule has 0 radical (unpaired) electrons. The Morgan fingerprint density at radius 1 is 1.06 bits per heavy atom. The van der Waals surface area contributed by atoms with Crippen LogP contribution in [-0.2, 0) is 9.53 Å². The Hall–Kier alpha value is -2.70. The molecular formula is C25H31N3O3. The highest BCUT2D eigenvalue weighted by Crippen LogP contribution is 2.35. The molecule has 31 heavy (non-hydrogen) atoms. The second-order valence-electron chi connectivity index (χ2n) is 8.53. The number of morpholine rings is 1. The molecule has 4 rings (SSSR count). The average Bonchev–Trinajstić information content (AvgIpc) is 3.25. The monoisotopic (exact) mass is 421 g/mol. The van der Waals surface area contributed by atoms with Crippen molar-refractivity contribution in [3.63, 3.8) is 0 Å². The van der Waals surface area contributed by atoms with Crippen molar-refractivity contribution in [2.75, 3.05) is 44.7 Å². The Labute approximate surface area is 184 Å². The topological polar surface area (TPSA) is 61.9 Å². The Balaban J connectivity index is 1.46. The molecule has 164 valence electrons. The third kappa shape index (κ3) is 5.14. The van der Waals surface area contributed by atoms with Gasteiger partial charge in [0.05, 0.1) is 25.8 Å². The van der Waals surface area contributed by atoms with Crippen molar-refractivity contribution in [1.29, 1.82) is 0 Å². The van der Waals surface area contributed by atoms with Crippen LogP contribution in [0.25, 0.3) is 0 Å². The van der Waals surface area contributed by atoms with Gasteiger partial charge in [-0.15, -0.1) is 0 Å². The summed E-state index contributed by atoms with van der Waals surface area (Å²) in [6.07, 6.45) is 1.98. The fraction of sp³-hybridized carbons (Fsp3) is 0.440. The summed E-state index contributed by atoms with van der Waals surface area (Å²) in [6.45, 7) is 8.14. The van der Waals surface area contributed by atoms with Gasteiger partial charge in [-0.2, -0.15) is 0 Å². The van der Waals surface area contributed by atoms with Crippen molar-refractivity contribution in [2.45, 2.75) is 32.7 Å². The smallest absolute Gasteiger partial charge is 0.254 e. The van der Waals surface area contributed by atoms with E-state index in [1.165, 1.54) is 16.7 Å². The largest absolute Gasteiger partial charge is 0.379 e. The van der Waals surface area contributed by atoms with Gasteiger partial charge in [0.15, 0.2) is 0 Å². The van der Waals surface area contributed by atoms with E-state index >= 15 is 0 Å². The number of rotatable bonds is 5. The van der Waals surface area contributed by atoms with Gasteiger partial charge in [0.1, 0.15) is 0 Å². The minimum absolute atomic E-state index is 0.0210. The molecular weight excluding hydrogens is 390 g/mol. The normalized spacial score (nSPS) is 19.4. The number of benzene rings is 2. The lowest BCUT2D eigenvalue weighted by atomic mass is 9.97. The van der Waals surface area contributed by atoms with E-state index in [0.717, 1.165) is 32.5 Å². The molecule has 2 saturated heterocycles. The number of amides is 2. The van der Waals surface area contributed by atoms with Crippen LogP contribution in [0.2, 0.25) is 0 Å². The van der Waals surface area contributed by atoms with Crippen LogP contribution < -0.4 is 5.32 Å². The molecule has 2 aliphatic rings. The zero-order valence-corrected chi connectivity index (χ0v) is 18.4. The molecule has 2 aromatic carbocycles. The first kappa shape index (κ1) is 21.5. The second-order valence-corrected chi connectivity index (χ2v) is 8.53. The molecule has 6 heteroatoms. The highest BCUT2D eigenvalue weighted by Gasteiger charge is 2.31. The van der Waals surface area contributed by atoms with Crippen LogP contribution in [0.3, 0.4) is 0 Å². The van der Waals surface area contributed by atoms with Gasteiger partial charge in [-0.1, -0.05) is 29.8 Å². The number of carbonyl (C=O) groups excluding carboxylic acids is 2. The molecule has 0 aromatic heterocycles. The first-order valence-corrected chi connectivity index (χ1v) is 11.1. The van der Waals surface area contributed by atoms with E-state index in [1.807, 2.05) is 23.1 Å². The number of nitrogens with zero attached hydrogens (tertiary/aromatic N) is 2. The highest BCUT2D eigenvalue weighted by atomic mass is 16.5. The van der Waals surface area contributed by atoms with Crippen LogP contribution in [0.1, 0.15) is 45.9 Å².